The Hall–Kier alpha value is -3.60. The molecule has 4 aromatic rings. The van der Waals surface area contributed by atoms with Gasteiger partial charge in [0.1, 0.15) is 17.1 Å². The van der Waals surface area contributed by atoms with Gasteiger partial charge in [-0.3, -0.25) is 0 Å². The van der Waals surface area contributed by atoms with E-state index >= 15 is 0 Å². The van der Waals surface area contributed by atoms with Gasteiger partial charge in [-0.25, -0.2) is 9.78 Å². The SMILES string of the molecule is COC(=O)c1cccc2[nH]c(-c3ccc(OCCc4ccccc4)cc3)nc12. The maximum absolute atomic E-state index is 11.9. The maximum atomic E-state index is 11.9. The van der Waals surface area contributed by atoms with E-state index in [0.29, 0.717) is 23.5 Å². The molecule has 4 rings (SSSR count). The van der Waals surface area contributed by atoms with Gasteiger partial charge in [0.15, 0.2) is 0 Å². The molecule has 1 heterocycles. The van der Waals surface area contributed by atoms with Crippen molar-refractivity contribution >= 4 is 17.0 Å². The van der Waals surface area contributed by atoms with Crippen LogP contribution in [0.15, 0.2) is 72.8 Å². The van der Waals surface area contributed by atoms with Crippen molar-refractivity contribution < 1.29 is 14.3 Å². The normalized spacial score (nSPS) is 10.8. The van der Waals surface area contributed by atoms with E-state index in [2.05, 4.69) is 22.1 Å². The Morgan fingerprint density at radius 2 is 1.75 bits per heavy atom. The van der Waals surface area contributed by atoms with Gasteiger partial charge in [0.05, 0.1) is 24.8 Å². The third-order valence-corrected chi connectivity index (χ3v) is 4.55. The first-order valence-corrected chi connectivity index (χ1v) is 9.09. The summed E-state index contributed by atoms with van der Waals surface area (Å²) < 4.78 is 10.7. The van der Waals surface area contributed by atoms with Crippen LogP contribution in [0.25, 0.3) is 22.4 Å². The third kappa shape index (κ3) is 3.74. The van der Waals surface area contributed by atoms with Crippen molar-refractivity contribution in [2.75, 3.05) is 13.7 Å². The second-order valence-corrected chi connectivity index (χ2v) is 6.39. The molecule has 0 spiro atoms. The van der Waals surface area contributed by atoms with E-state index < -0.39 is 5.97 Å². The standard InChI is InChI=1S/C23H20N2O3/c1-27-23(26)19-8-5-9-20-21(19)25-22(24-20)17-10-12-18(13-11-17)28-15-14-16-6-3-2-4-7-16/h2-13H,14-15H2,1H3,(H,24,25). The number of aromatic nitrogens is 2. The van der Waals surface area contributed by atoms with Crippen LogP contribution in [-0.2, 0) is 11.2 Å². The molecule has 1 aromatic heterocycles. The molecule has 1 N–H and O–H groups in total. The lowest BCUT2D eigenvalue weighted by Gasteiger charge is -2.06. The number of carbonyl (C=O) groups excluding carboxylic acids is 1. The van der Waals surface area contributed by atoms with Crippen LogP contribution in [0.2, 0.25) is 0 Å². The molecule has 0 fully saturated rings. The summed E-state index contributed by atoms with van der Waals surface area (Å²) in [5, 5.41) is 0. The molecule has 5 nitrogen and oxygen atoms in total. The van der Waals surface area contributed by atoms with E-state index in [9.17, 15) is 4.79 Å². The van der Waals surface area contributed by atoms with Gasteiger partial charge in [0, 0.05) is 12.0 Å². The number of imidazole rings is 1. The fraction of sp³-hybridized carbons (Fsp3) is 0.130. The number of methoxy groups -OCH3 is 1. The van der Waals surface area contributed by atoms with Gasteiger partial charge < -0.3 is 14.5 Å². The second kappa shape index (κ2) is 7.96. The smallest absolute Gasteiger partial charge is 0.340 e. The van der Waals surface area contributed by atoms with E-state index in [1.807, 2.05) is 48.5 Å². The molecule has 3 aromatic carbocycles. The Morgan fingerprint density at radius 3 is 2.50 bits per heavy atom. The number of rotatable bonds is 6. The summed E-state index contributed by atoms with van der Waals surface area (Å²) >= 11 is 0. The average Bonchev–Trinajstić information content (AvgIpc) is 3.19. The van der Waals surface area contributed by atoms with Crippen molar-refractivity contribution in [3.05, 3.63) is 83.9 Å². The number of nitrogens with zero attached hydrogens (tertiary/aromatic N) is 1. The van der Waals surface area contributed by atoms with Crippen LogP contribution in [0.5, 0.6) is 5.75 Å². The van der Waals surface area contributed by atoms with Crippen molar-refractivity contribution in [1.29, 1.82) is 0 Å². The molecule has 0 amide bonds. The van der Waals surface area contributed by atoms with Gasteiger partial charge >= 0.3 is 5.97 Å². The van der Waals surface area contributed by atoms with Crippen LogP contribution in [0.1, 0.15) is 15.9 Å². The number of H-pyrrole nitrogens is 1. The summed E-state index contributed by atoms with van der Waals surface area (Å²) in [7, 11) is 1.37. The molecular formula is C23H20N2O3. The monoisotopic (exact) mass is 372 g/mol. The van der Waals surface area contributed by atoms with Crippen LogP contribution >= 0.6 is 0 Å². The first-order chi connectivity index (χ1) is 13.7. The number of nitrogens with one attached hydrogen (secondary N) is 1. The van der Waals surface area contributed by atoms with Crippen LogP contribution in [0, 0.1) is 0 Å². The van der Waals surface area contributed by atoms with Gasteiger partial charge in [0.2, 0.25) is 0 Å². The largest absolute Gasteiger partial charge is 0.493 e. The van der Waals surface area contributed by atoms with Crippen molar-refractivity contribution in [2.45, 2.75) is 6.42 Å². The molecule has 0 aliphatic rings. The topological polar surface area (TPSA) is 64.2 Å². The van der Waals surface area contributed by atoms with E-state index in [4.69, 9.17) is 9.47 Å². The number of para-hydroxylation sites is 1. The predicted octanol–water partition coefficient (Wildman–Crippen LogP) is 4.64. The van der Waals surface area contributed by atoms with E-state index in [1.54, 1.807) is 12.1 Å². The van der Waals surface area contributed by atoms with E-state index in [-0.39, 0.29) is 0 Å². The summed E-state index contributed by atoms with van der Waals surface area (Å²) in [5.41, 5.74) is 4.02. The highest BCUT2D eigenvalue weighted by atomic mass is 16.5. The Morgan fingerprint density at radius 1 is 0.964 bits per heavy atom. The number of carbonyl (C=O) groups is 1. The Kier molecular flexibility index (Phi) is 5.06. The molecule has 0 radical (unpaired) electrons. The third-order valence-electron chi connectivity index (χ3n) is 4.55. The van der Waals surface area contributed by atoms with Gasteiger partial charge in [-0.15, -0.1) is 0 Å². The lowest BCUT2D eigenvalue weighted by atomic mass is 10.2. The summed E-state index contributed by atoms with van der Waals surface area (Å²) in [5.74, 6) is 1.11. The Labute approximate surface area is 163 Å². The maximum Gasteiger partial charge on any atom is 0.340 e. The highest BCUT2D eigenvalue weighted by Crippen LogP contribution is 2.25. The molecule has 0 saturated carbocycles. The van der Waals surface area contributed by atoms with Crippen LogP contribution in [-0.4, -0.2) is 29.7 Å². The summed E-state index contributed by atoms with van der Waals surface area (Å²) in [6.45, 7) is 0.622. The zero-order valence-electron chi connectivity index (χ0n) is 15.5. The first-order valence-electron chi connectivity index (χ1n) is 9.09. The average molecular weight is 372 g/mol. The molecule has 5 heteroatoms. The highest BCUT2D eigenvalue weighted by Gasteiger charge is 2.14. The van der Waals surface area contributed by atoms with Crippen molar-refractivity contribution in [3.63, 3.8) is 0 Å². The molecule has 0 aliphatic carbocycles. The highest BCUT2D eigenvalue weighted by molar-refractivity contribution is 6.02. The minimum Gasteiger partial charge on any atom is -0.493 e. The van der Waals surface area contributed by atoms with Crippen molar-refractivity contribution in [2.24, 2.45) is 0 Å². The quantitative estimate of drug-likeness (QED) is 0.501. The van der Waals surface area contributed by atoms with Crippen molar-refractivity contribution in [3.8, 4) is 17.1 Å². The first kappa shape index (κ1) is 17.8. The fourth-order valence-electron chi connectivity index (χ4n) is 3.08. The summed E-state index contributed by atoms with van der Waals surface area (Å²) in [6, 6.07) is 23.4. The molecule has 0 bridgehead atoms. The number of aromatic amines is 1. The lowest BCUT2D eigenvalue weighted by molar-refractivity contribution is 0.0603. The van der Waals surface area contributed by atoms with Crippen molar-refractivity contribution in [1.82, 2.24) is 9.97 Å². The van der Waals surface area contributed by atoms with Gasteiger partial charge in [-0.05, 0) is 42.0 Å². The molecule has 0 atom stereocenters. The van der Waals surface area contributed by atoms with Crippen LogP contribution < -0.4 is 4.74 Å². The number of ether oxygens (including phenoxy) is 2. The van der Waals surface area contributed by atoms with Crippen LogP contribution in [0.4, 0.5) is 0 Å². The van der Waals surface area contributed by atoms with Gasteiger partial charge in [-0.1, -0.05) is 36.4 Å². The minimum atomic E-state index is -0.397. The zero-order valence-corrected chi connectivity index (χ0v) is 15.5. The number of esters is 1. The summed E-state index contributed by atoms with van der Waals surface area (Å²) in [4.78, 5) is 19.8. The molecule has 0 aliphatic heterocycles. The van der Waals surface area contributed by atoms with E-state index in [1.165, 1.54) is 12.7 Å². The predicted molar refractivity (Wildman–Crippen MR) is 109 cm³/mol. The number of fused-ring (bicyclic) bond motifs is 1. The minimum absolute atomic E-state index is 0.397. The Bertz CT molecular complexity index is 1090. The fourth-order valence-corrected chi connectivity index (χ4v) is 3.08. The zero-order chi connectivity index (χ0) is 19.3. The molecule has 0 saturated heterocycles. The number of hydrogen-bond donors (Lipinski definition) is 1. The molecule has 140 valence electrons. The van der Waals surface area contributed by atoms with E-state index in [0.717, 1.165) is 23.3 Å². The number of benzene rings is 3. The van der Waals surface area contributed by atoms with Crippen LogP contribution in [0.3, 0.4) is 0 Å². The lowest BCUT2D eigenvalue weighted by Crippen LogP contribution is -2.01. The van der Waals surface area contributed by atoms with Gasteiger partial charge in [-0.2, -0.15) is 0 Å². The molecule has 28 heavy (non-hydrogen) atoms. The summed E-state index contributed by atoms with van der Waals surface area (Å²) in [6.07, 6.45) is 0.864. The second-order valence-electron chi connectivity index (χ2n) is 6.39. The van der Waals surface area contributed by atoms with Gasteiger partial charge in [0.25, 0.3) is 0 Å². The molecule has 0 unspecified atom stereocenters. The molecular weight excluding hydrogens is 352 g/mol. The Balaban J connectivity index is 1.48. The number of hydrogen-bond acceptors (Lipinski definition) is 4.